The first-order valence-electron chi connectivity index (χ1n) is 10.5. The summed E-state index contributed by atoms with van der Waals surface area (Å²) in [6.45, 7) is 10.4. The van der Waals surface area contributed by atoms with Gasteiger partial charge in [-0.05, 0) is 97.7 Å². The van der Waals surface area contributed by atoms with E-state index in [1.807, 2.05) is 0 Å². The molecule has 0 amide bonds. The molecule has 7 atom stereocenters. The van der Waals surface area contributed by atoms with Gasteiger partial charge in [-0.15, -0.1) is 0 Å². The van der Waals surface area contributed by atoms with Gasteiger partial charge in [0, 0.05) is 0 Å². The Kier molecular flexibility index (Phi) is 3.70. The summed E-state index contributed by atoms with van der Waals surface area (Å²) in [6.07, 6.45) is 15.5. The van der Waals surface area contributed by atoms with Crippen molar-refractivity contribution in [2.24, 2.45) is 46.3 Å². The summed E-state index contributed by atoms with van der Waals surface area (Å²) < 4.78 is 0. The van der Waals surface area contributed by atoms with E-state index >= 15 is 0 Å². The van der Waals surface area contributed by atoms with Crippen LogP contribution in [0.5, 0.6) is 0 Å². The zero-order valence-corrected chi connectivity index (χ0v) is 15.5. The molecule has 4 aliphatic carbocycles. The topological polar surface area (TPSA) is 0 Å². The van der Waals surface area contributed by atoms with Crippen molar-refractivity contribution in [2.75, 3.05) is 0 Å². The lowest BCUT2D eigenvalue weighted by Crippen LogP contribution is -2.53. The minimum Gasteiger partial charge on any atom is -0.0625 e. The van der Waals surface area contributed by atoms with E-state index in [0.717, 1.165) is 40.9 Å². The minimum absolute atomic E-state index is 0.688. The predicted octanol–water partition coefficient (Wildman–Crippen LogP) is 6.69. The van der Waals surface area contributed by atoms with Crippen LogP contribution >= 0.6 is 0 Å². The van der Waals surface area contributed by atoms with Crippen molar-refractivity contribution >= 4 is 0 Å². The Hall–Kier alpha value is 0. The molecule has 0 bridgehead atoms. The molecule has 4 saturated carbocycles. The molecule has 0 heterocycles. The number of rotatable bonds is 1. The SMILES string of the molecule is CC(C)[C@H]1CC[C@H]2[C@@H]3CCC4CCCC[C@]4(C)[C@H]3CC[C@]12C. The maximum Gasteiger partial charge on any atom is -0.0264 e. The predicted molar refractivity (Wildman–Crippen MR) is 94.7 cm³/mol. The first-order chi connectivity index (χ1) is 10.5. The Morgan fingerprint density at radius 2 is 1.50 bits per heavy atom. The van der Waals surface area contributed by atoms with Crippen molar-refractivity contribution in [2.45, 2.75) is 91.9 Å². The summed E-state index contributed by atoms with van der Waals surface area (Å²) >= 11 is 0. The van der Waals surface area contributed by atoms with E-state index in [2.05, 4.69) is 27.7 Å². The van der Waals surface area contributed by atoms with Crippen LogP contribution in [-0.2, 0) is 0 Å². The number of hydrogen-bond donors (Lipinski definition) is 0. The molecule has 4 aliphatic rings. The molecule has 0 saturated heterocycles. The van der Waals surface area contributed by atoms with E-state index in [-0.39, 0.29) is 0 Å². The Bertz CT molecular complexity index is 424. The standard InChI is InChI=1S/C22H38/c1-15(2)18-10-11-19-17-9-8-16-7-5-6-13-21(16,3)20(17)12-14-22(18,19)4/h15-20H,5-14H2,1-4H3/t16?,17-,18+,19-,20-,21-,22+/m0/s1. The summed E-state index contributed by atoms with van der Waals surface area (Å²) in [5, 5.41) is 0. The monoisotopic (exact) mass is 302 g/mol. The second-order valence-electron chi connectivity index (χ2n) is 10.4. The van der Waals surface area contributed by atoms with E-state index in [0.29, 0.717) is 5.41 Å². The normalized spacial score (nSPS) is 54.7. The van der Waals surface area contributed by atoms with Gasteiger partial charge in [-0.3, -0.25) is 0 Å². The van der Waals surface area contributed by atoms with Crippen molar-refractivity contribution in [1.29, 1.82) is 0 Å². The van der Waals surface area contributed by atoms with E-state index in [1.54, 1.807) is 44.9 Å². The van der Waals surface area contributed by atoms with Crippen LogP contribution in [-0.4, -0.2) is 0 Å². The Balaban J connectivity index is 1.62. The van der Waals surface area contributed by atoms with Gasteiger partial charge in [-0.2, -0.15) is 0 Å². The van der Waals surface area contributed by atoms with Gasteiger partial charge in [0.05, 0.1) is 0 Å². The summed E-state index contributed by atoms with van der Waals surface area (Å²) in [6, 6.07) is 0. The molecule has 0 nitrogen and oxygen atoms in total. The fraction of sp³-hybridized carbons (Fsp3) is 1.00. The van der Waals surface area contributed by atoms with Crippen molar-refractivity contribution in [1.82, 2.24) is 0 Å². The average molecular weight is 303 g/mol. The molecule has 126 valence electrons. The first kappa shape index (κ1) is 15.5. The fourth-order valence-electron chi connectivity index (χ4n) is 8.43. The minimum atomic E-state index is 0.688. The molecule has 0 N–H and O–H groups in total. The van der Waals surface area contributed by atoms with Crippen LogP contribution in [0.25, 0.3) is 0 Å². The van der Waals surface area contributed by atoms with Gasteiger partial charge >= 0.3 is 0 Å². The van der Waals surface area contributed by atoms with Crippen LogP contribution in [0.15, 0.2) is 0 Å². The third kappa shape index (κ3) is 2.01. The van der Waals surface area contributed by atoms with Crippen LogP contribution in [0.4, 0.5) is 0 Å². The molecule has 0 aliphatic heterocycles. The Morgan fingerprint density at radius 1 is 0.727 bits per heavy atom. The molecular weight excluding hydrogens is 264 g/mol. The summed E-state index contributed by atoms with van der Waals surface area (Å²) in [5.74, 6) is 6.22. The van der Waals surface area contributed by atoms with Gasteiger partial charge in [0.25, 0.3) is 0 Å². The molecule has 0 spiro atoms. The molecule has 0 aromatic heterocycles. The summed E-state index contributed by atoms with van der Waals surface area (Å²) in [5.41, 5.74) is 1.41. The van der Waals surface area contributed by atoms with Gasteiger partial charge in [0.1, 0.15) is 0 Å². The summed E-state index contributed by atoms with van der Waals surface area (Å²) in [7, 11) is 0. The van der Waals surface area contributed by atoms with E-state index in [1.165, 1.54) is 19.3 Å². The van der Waals surface area contributed by atoms with Gasteiger partial charge < -0.3 is 0 Å². The Morgan fingerprint density at radius 3 is 2.27 bits per heavy atom. The Labute approximate surface area is 138 Å². The van der Waals surface area contributed by atoms with Crippen LogP contribution in [0.2, 0.25) is 0 Å². The highest BCUT2D eigenvalue weighted by Gasteiger charge is 2.59. The van der Waals surface area contributed by atoms with Crippen molar-refractivity contribution < 1.29 is 0 Å². The zero-order chi connectivity index (χ0) is 15.5. The molecule has 22 heavy (non-hydrogen) atoms. The second kappa shape index (κ2) is 5.25. The molecule has 1 unspecified atom stereocenters. The molecule has 4 fully saturated rings. The first-order valence-corrected chi connectivity index (χ1v) is 10.5. The molecule has 0 radical (unpaired) electrons. The highest BCUT2D eigenvalue weighted by Crippen LogP contribution is 2.68. The van der Waals surface area contributed by atoms with Crippen LogP contribution in [0, 0.1) is 46.3 Å². The maximum absolute atomic E-state index is 2.71. The smallest absolute Gasteiger partial charge is 0.0264 e. The van der Waals surface area contributed by atoms with Gasteiger partial charge in [-0.1, -0.05) is 40.5 Å². The fourth-order valence-corrected chi connectivity index (χ4v) is 8.43. The quantitative estimate of drug-likeness (QED) is 0.506. The lowest BCUT2D eigenvalue weighted by atomic mass is 9.44. The highest BCUT2D eigenvalue weighted by atomic mass is 14.6. The largest absolute Gasteiger partial charge is 0.0625 e. The summed E-state index contributed by atoms with van der Waals surface area (Å²) in [4.78, 5) is 0. The van der Waals surface area contributed by atoms with Gasteiger partial charge in [0.15, 0.2) is 0 Å². The molecule has 0 aromatic carbocycles. The van der Waals surface area contributed by atoms with Gasteiger partial charge in [-0.25, -0.2) is 0 Å². The van der Waals surface area contributed by atoms with Crippen LogP contribution in [0.3, 0.4) is 0 Å². The maximum atomic E-state index is 2.71. The molecular formula is C22H38. The lowest BCUT2D eigenvalue weighted by molar-refractivity contribution is -0.113. The van der Waals surface area contributed by atoms with E-state index in [9.17, 15) is 0 Å². The van der Waals surface area contributed by atoms with Crippen molar-refractivity contribution in [3.63, 3.8) is 0 Å². The third-order valence-corrected chi connectivity index (χ3v) is 9.46. The number of fused-ring (bicyclic) bond motifs is 5. The zero-order valence-electron chi connectivity index (χ0n) is 15.5. The van der Waals surface area contributed by atoms with Crippen molar-refractivity contribution in [3.05, 3.63) is 0 Å². The van der Waals surface area contributed by atoms with E-state index < -0.39 is 0 Å². The average Bonchev–Trinajstić information content (AvgIpc) is 2.84. The molecule has 0 heteroatoms. The van der Waals surface area contributed by atoms with E-state index in [4.69, 9.17) is 0 Å². The van der Waals surface area contributed by atoms with Crippen LogP contribution < -0.4 is 0 Å². The van der Waals surface area contributed by atoms with Gasteiger partial charge in [0.2, 0.25) is 0 Å². The van der Waals surface area contributed by atoms with Crippen molar-refractivity contribution in [3.8, 4) is 0 Å². The highest BCUT2D eigenvalue weighted by molar-refractivity contribution is 5.08. The number of hydrogen-bond acceptors (Lipinski definition) is 0. The van der Waals surface area contributed by atoms with Crippen LogP contribution in [0.1, 0.15) is 91.9 Å². The molecule has 0 aromatic rings. The third-order valence-electron chi connectivity index (χ3n) is 9.46. The lowest BCUT2D eigenvalue weighted by Gasteiger charge is -2.60. The second-order valence-corrected chi connectivity index (χ2v) is 10.4. The molecule has 4 rings (SSSR count).